The van der Waals surface area contributed by atoms with E-state index in [0.717, 1.165) is 42.8 Å². The number of anilines is 1. The van der Waals surface area contributed by atoms with Crippen molar-refractivity contribution in [2.24, 2.45) is 0 Å². The molecule has 2 heterocycles. The lowest BCUT2D eigenvalue weighted by Gasteiger charge is -2.22. The lowest BCUT2D eigenvalue weighted by atomic mass is 10.0. The van der Waals surface area contributed by atoms with E-state index in [9.17, 15) is 22.8 Å². The fourth-order valence-corrected chi connectivity index (χ4v) is 4.77. The summed E-state index contributed by atoms with van der Waals surface area (Å²) in [5, 5.41) is 3.34. The zero-order chi connectivity index (χ0) is 22.6. The predicted molar refractivity (Wildman–Crippen MR) is 114 cm³/mol. The van der Waals surface area contributed by atoms with Crippen molar-refractivity contribution in [1.29, 1.82) is 0 Å². The molecule has 31 heavy (non-hydrogen) atoms. The van der Waals surface area contributed by atoms with Crippen LogP contribution in [-0.2, 0) is 11.2 Å². The van der Waals surface area contributed by atoms with Crippen LogP contribution in [0.1, 0.15) is 53.9 Å². The molecule has 0 bridgehead atoms. The normalized spacial score (nSPS) is 17.0. The van der Waals surface area contributed by atoms with E-state index in [1.54, 1.807) is 6.07 Å². The number of nitrogens with one attached hydrogen (secondary N) is 1. The molecular weight excluding hydrogens is 429 g/mol. The number of hydrogen-bond acceptors (Lipinski definition) is 5. The molecule has 0 radical (unpaired) electrons. The summed E-state index contributed by atoms with van der Waals surface area (Å²) in [4.78, 5) is 28.7. The van der Waals surface area contributed by atoms with Gasteiger partial charge in [0.15, 0.2) is 5.78 Å². The summed E-state index contributed by atoms with van der Waals surface area (Å²) >= 11 is 1.34. The zero-order valence-electron chi connectivity index (χ0n) is 17.4. The molecule has 0 saturated carbocycles. The van der Waals surface area contributed by atoms with E-state index in [1.165, 1.54) is 23.5 Å². The van der Waals surface area contributed by atoms with Gasteiger partial charge in [0.05, 0.1) is 12.1 Å². The molecule has 1 saturated heterocycles. The van der Waals surface area contributed by atoms with E-state index < -0.39 is 12.1 Å². The van der Waals surface area contributed by atoms with E-state index in [4.69, 9.17) is 0 Å². The smallest absolute Gasteiger partial charge is 0.406 e. The predicted octanol–water partition coefficient (Wildman–Crippen LogP) is 5.25. The van der Waals surface area contributed by atoms with Crippen LogP contribution in [0.4, 0.5) is 18.2 Å². The summed E-state index contributed by atoms with van der Waals surface area (Å²) in [6, 6.07) is 6.91. The second-order valence-corrected chi connectivity index (χ2v) is 8.57. The van der Waals surface area contributed by atoms with Crippen LogP contribution in [0.2, 0.25) is 0 Å². The molecule has 168 valence electrons. The fourth-order valence-electron chi connectivity index (χ4n) is 3.76. The van der Waals surface area contributed by atoms with Gasteiger partial charge in [0, 0.05) is 16.5 Å². The van der Waals surface area contributed by atoms with Gasteiger partial charge in [-0.2, -0.15) is 0 Å². The molecule has 1 atom stereocenters. The highest BCUT2D eigenvalue weighted by molar-refractivity contribution is 7.16. The van der Waals surface area contributed by atoms with Crippen LogP contribution in [0.3, 0.4) is 0 Å². The number of benzene rings is 1. The second kappa shape index (κ2) is 9.82. The Morgan fingerprint density at radius 2 is 1.94 bits per heavy atom. The number of carbonyl (C=O) groups is 2. The Hall–Kier alpha value is -2.39. The van der Waals surface area contributed by atoms with Crippen molar-refractivity contribution in [2.75, 3.05) is 18.4 Å². The van der Waals surface area contributed by atoms with Crippen molar-refractivity contribution in [1.82, 2.24) is 4.90 Å². The lowest BCUT2D eigenvalue weighted by Crippen LogP contribution is -2.36. The zero-order valence-corrected chi connectivity index (χ0v) is 18.2. The first-order valence-electron chi connectivity index (χ1n) is 10.3. The molecule has 0 aliphatic carbocycles. The number of alkyl halides is 3. The van der Waals surface area contributed by atoms with Gasteiger partial charge in [0.1, 0.15) is 10.8 Å². The third-order valence-electron chi connectivity index (χ3n) is 5.30. The number of amides is 1. The van der Waals surface area contributed by atoms with Gasteiger partial charge in [-0.1, -0.05) is 13.8 Å². The summed E-state index contributed by atoms with van der Waals surface area (Å²) in [5.74, 6) is -0.932. The van der Waals surface area contributed by atoms with Crippen LogP contribution in [0.15, 0.2) is 30.3 Å². The van der Waals surface area contributed by atoms with E-state index >= 15 is 0 Å². The van der Waals surface area contributed by atoms with Crippen molar-refractivity contribution in [3.05, 3.63) is 46.3 Å². The number of aryl methyl sites for hydroxylation is 1. The summed E-state index contributed by atoms with van der Waals surface area (Å²) in [5.41, 5.74) is 0.559. The van der Waals surface area contributed by atoms with Crippen molar-refractivity contribution < 1.29 is 27.5 Å². The van der Waals surface area contributed by atoms with Crippen molar-refractivity contribution in [3.63, 3.8) is 0 Å². The molecule has 1 aliphatic heterocycles. The number of hydrogen-bond donors (Lipinski definition) is 1. The number of likely N-dealkylation sites (tertiary alicyclic amines) is 1. The Morgan fingerprint density at radius 1 is 1.23 bits per heavy atom. The summed E-state index contributed by atoms with van der Waals surface area (Å²) in [6.07, 6.45) is -0.950. The first kappa shape index (κ1) is 23.3. The number of ketones is 1. The number of thiophene rings is 1. The Morgan fingerprint density at radius 3 is 2.55 bits per heavy atom. The summed E-state index contributed by atoms with van der Waals surface area (Å²) < 4.78 is 40.9. The second-order valence-electron chi connectivity index (χ2n) is 7.43. The Labute approximate surface area is 183 Å². The molecule has 1 amide bonds. The van der Waals surface area contributed by atoms with Gasteiger partial charge in [-0.25, -0.2) is 0 Å². The molecule has 9 heteroatoms. The topological polar surface area (TPSA) is 58.6 Å². The standard InChI is InChI=1S/C22H25F3N2O3S/c1-3-15-6-5-11-27(15)13-19(28)26-21-18(12-17(4-2)31-21)20(29)14-7-9-16(10-8-14)30-22(23,24)25/h7-10,12,15H,3-6,11,13H2,1-2H3,(H,26,28). The maximum absolute atomic E-state index is 13.0. The monoisotopic (exact) mass is 454 g/mol. The third-order valence-corrected chi connectivity index (χ3v) is 6.49. The van der Waals surface area contributed by atoms with E-state index in [1.807, 2.05) is 6.92 Å². The Balaban J connectivity index is 1.74. The molecule has 3 rings (SSSR count). The van der Waals surface area contributed by atoms with E-state index in [2.05, 4.69) is 21.9 Å². The largest absolute Gasteiger partial charge is 0.573 e. The lowest BCUT2D eigenvalue weighted by molar-refractivity contribution is -0.274. The Kier molecular flexibility index (Phi) is 7.38. The fraction of sp³-hybridized carbons (Fsp3) is 0.455. The molecule has 0 spiro atoms. The molecule has 1 N–H and O–H groups in total. The van der Waals surface area contributed by atoms with Crippen LogP contribution in [0, 0.1) is 0 Å². The molecule has 5 nitrogen and oxygen atoms in total. The molecule has 1 unspecified atom stereocenters. The molecule has 1 aliphatic rings. The van der Waals surface area contributed by atoms with Gasteiger partial charge in [-0.3, -0.25) is 14.5 Å². The molecule has 1 fully saturated rings. The van der Waals surface area contributed by atoms with Gasteiger partial charge in [-0.15, -0.1) is 24.5 Å². The SMILES string of the molecule is CCc1cc(C(=O)c2ccc(OC(F)(F)F)cc2)c(NC(=O)CN2CCCC2CC)s1. The average molecular weight is 455 g/mol. The first-order chi connectivity index (χ1) is 14.7. The molecular formula is C22H25F3N2O3S. The molecule has 1 aromatic carbocycles. The average Bonchev–Trinajstić information content (AvgIpc) is 3.33. The van der Waals surface area contributed by atoms with E-state index in [-0.39, 0.29) is 23.8 Å². The highest BCUT2D eigenvalue weighted by atomic mass is 32.1. The maximum Gasteiger partial charge on any atom is 0.573 e. The maximum atomic E-state index is 13.0. The van der Waals surface area contributed by atoms with E-state index in [0.29, 0.717) is 23.0 Å². The summed E-state index contributed by atoms with van der Waals surface area (Å²) in [6.45, 7) is 5.21. The van der Waals surface area contributed by atoms with Gasteiger partial charge in [0.2, 0.25) is 5.91 Å². The number of halogens is 3. The van der Waals surface area contributed by atoms with Gasteiger partial charge in [-0.05, 0) is 62.6 Å². The first-order valence-corrected chi connectivity index (χ1v) is 11.1. The minimum atomic E-state index is -4.79. The minimum Gasteiger partial charge on any atom is -0.406 e. The number of carbonyl (C=O) groups excluding carboxylic acids is 2. The Bertz CT molecular complexity index is 925. The van der Waals surface area contributed by atoms with Crippen LogP contribution in [0.25, 0.3) is 0 Å². The van der Waals surface area contributed by atoms with Gasteiger partial charge < -0.3 is 10.1 Å². The van der Waals surface area contributed by atoms with Crippen molar-refractivity contribution in [2.45, 2.75) is 51.9 Å². The van der Waals surface area contributed by atoms with Gasteiger partial charge in [0.25, 0.3) is 0 Å². The number of rotatable bonds is 8. The van der Waals surface area contributed by atoms with Crippen LogP contribution < -0.4 is 10.1 Å². The molecule has 2 aromatic rings. The van der Waals surface area contributed by atoms with Crippen LogP contribution in [-0.4, -0.2) is 42.1 Å². The van der Waals surface area contributed by atoms with Crippen LogP contribution >= 0.6 is 11.3 Å². The van der Waals surface area contributed by atoms with Crippen LogP contribution in [0.5, 0.6) is 5.75 Å². The third kappa shape index (κ3) is 6.07. The minimum absolute atomic E-state index is 0.173. The van der Waals surface area contributed by atoms with Gasteiger partial charge >= 0.3 is 6.36 Å². The highest BCUT2D eigenvalue weighted by Gasteiger charge is 2.31. The highest BCUT2D eigenvalue weighted by Crippen LogP contribution is 2.32. The number of nitrogens with zero attached hydrogens (tertiary/aromatic N) is 1. The van der Waals surface area contributed by atoms with Crippen molar-refractivity contribution in [3.8, 4) is 5.75 Å². The van der Waals surface area contributed by atoms with Crippen molar-refractivity contribution >= 4 is 28.0 Å². The molecule has 1 aromatic heterocycles. The number of ether oxygens (including phenoxy) is 1. The quantitative estimate of drug-likeness (QED) is 0.554. The summed E-state index contributed by atoms with van der Waals surface area (Å²) in [7, 11) is 0.